The number of nitrogens with one attached hydrogen (secondary N) is 2. The number of hydrogen-bond acceptors (Lipinski definition) is 3. The summed E-state index contributed by atoms with van der Waals surface area (Å²) in [5, 5.41) is 6.95. The van der Waals surface area contributed by atoms with E-state index in [2.05, 4.69) is 60.6 Å². The highest BCUT2D eigenvalue weighted by Gasteiger charge is 2.19. The van der Waals surface area contributed by atoms with E-state index < -0.39 is 0 Å². The predicted molar refractivity (Wildman–Crippen MR) is 125 cm³/mol. The highest BCUT2D eigenvalue weighted by atomic mass is 127. The molecule has 1 heterocycles. The van der Waals surface area contributed by atoms with Gasteiger partial charge in [-0.15, -0.1) is 24.0 Å². The second-order valence-corrected chi connectivity index (χ2v) is 7.22. The number of piperidine rings is 1. The van der Waals surface area contributed by atoms with Crippen LogP contribution in [0.3, 0.4) is 0 Å². The van der Waals surface area contributed by atoms with Gasteiger partial charge in [0.05, 0.1) is 12.6 Å². The first-order chi connectivity index (χ1) is 12.6. The molecule has 1 aromatic carbocycles. The number of halogens is 1. The normalized spacial score (nSPS) is 17.3. The Kier molecular flexibility index (Phi) is 11.9. The zero-order chi connectivity index (χ0) is 18.8. The zero-order valence-corrected chi connectivity index (χ0v) is 19.7. The molecule has 2 rings (SSSR count). The molecule has 27 heavy (non-hydrogen) atoms. The summed E-state index contributed by atoms with van der Waals surface area (Å²) in [5.74, 6) is 1.60. The molecule has 1 unspecified atom stereocenters. The number of rotatable bonds is 8. The third kappa shape index (κ3) is 8.35. The van der Waals surface area contributed by atoms with E-state index in [-0.39, 0.29) is 30.0 Å². The predicted octanol–water partition coefficient (Wildman–Crippen LogP) is 3.59. The number of methoxy groups -OCH3 is 1. The molecule has 5 nitrogen and oxygen atoms in total. The van der Waals surface area contributed by atoms with Gasteiger partial charge in [0.1, 0.15) is 0 Å². The third-order valence-corrected chi connectivity index (χ3v) is 5.18. The Hall–Kier alpha value is -0.860. The lowest BCUT2D eigenvalue weighted by Gasteiger charge is -2.31. The van der Waals surface area contributed by atoms with Crippen molar-refractivity contribution in [3.05, 3.63) is 35.4 Å². The maximum atomic E-state index is 5.18. The van der Waals surface area contributed by atoms with Crippen LogP contribution >= 0.6 is 24.0 Å². The van der Waals surface area contributed by atoms with E-state index in [1.165, 1.54) is 24.0 Å². The fourth-order valence-corrected chi connectivity index (χ4v) is 3.51. The average Bonchev–Trinajstić information content (AvgIpc) is 2.65. The van der Waals surface area contributed by atoms with Crippen molar-refractivity contribution in [1.82, 2.24) is 15.5 Å². The van der Waals surface area contributed by atoms with Gasteiger partial charge in [-0.05, 0) is 63.7 Å². The Morgan fingerprint density at radius 2 is 2.00 bits per heavy atom. The van der Waals surface area contributed by atoms with E-state index in [0.29, 0.717) is 5.92 Å². The molecule has 6 heteroatoms. The summed E-state index contributed by atoms with van der Waals surface area (Å²) >= 11 is 0. The van der Waals surface area contributed by atoms with Gasteiger partial charge < -0.3 is 20.3 Å². The van der Waals surface area contributed by atoms with Gasteiger partial charge >= 0.3 is 0 Å². The fraction of sp³-hybridized carbons (Fsp3) is 0.667. The van der Waals surface area contributed by atoms with Crippen molar-refractivity contribution < 1.29 is 4.74 Å². The summed E-state index contributed by atoms with van der Waals surface area (Å²) in [6.45, 7) is 12.4. The second kappa shape index (κ2) is 13.3. The van der Waals surface area contributed by atoms with E-state index in [4.69, 9.17) is 9.73 Å². The van der Waals surface area contributed by atoms with Crippen LogP contribution in [0.25, 0.3) is 0 Å². The smallest absolute Gasteiger partial charge is 0.191 e. The zero-order valence-electron chi connectivity index (χ0n) is 17.3. The van der Waals surface area contributed by atoms with Gasteiger partial charge in [0.25, 0.3) is 0 Å². The van der Waals surface area contributed by atoms with Crippen LogP contribution in [-0.4, -0.2) is 57.3 Å². The summed E-state index contributed by atoms with van der Waals surface area (Å²) in [5.41, 5.74) is 2.64. The van der Waals surface area contributed by atoms with Crippen LogP contribution in [0, 0.1) is 12.8 Å². The minimum absolute atomic E-state index is 0. The Morgan fingerprint density at radius 3 is 2.63 bits per heavy atom. The van der Waals surface area contributed by atoms with Crippen molar-refractivity contribution in [3.8, 4) is 0 Å². The molecule has 0 aromatic heterocycles. The third-order valence-electron chi connectivity index (χ3n) is 5.18. The number of benzene rings is 1. The van der Waals surface area contributed by atoms with Crippen molar-refractivity contribution in [2.45, 2.75) is 39.7 Å². The Bertz CT molecular complexity index is 559. The van der Waals surface area contributed by atoms with Crippen molar-refractivity contribution in [2.75, 3.05) is 46.4 Å². The SMILES string of the molecule is CCNC(=NCC1CCN(CCOC)CC1)NC(C)c1ccccc1C.I. The number of aliphatic imine (C=N–C) groups is 1. The number of likely N-dealkylation sites (tertiary alicyclic amines) is 1. The van der Waals surface area contributed by atoms with Gasteiger partial charge in [0, 0.05) is 26.7 Å². The Morgan fingerprint density at radius 1 is 1.30 bits per heavy atom. The first-order valence-corrected chi connectivity index (χ1v) is 9.95. The lowest BCUT2D eigenvalue weighted by atomic mass is 9.97. The molecule has 2 N–H and O–H groups in total. The molecule has 1 aliphatic rings. The molecule has 0 spiro atoms. The van der Waals surface area contributed by atoms with Gasteiger partial charge in [0.2, 0.25) is 0 Å². The van der Waals surface area contributed by atoms with E-state index in [1.54, 1.807) is 7.11 Å². The first-order valence-electron chi connectivity index (χ1n) is 9.95. The average molecular weight is 488 g/mol. The van der Waals surface area contributed by atoms with Gasteiger partial charge in [0.15, 0.2) is 5.96 Å². The number of aryl methyl sites for hydroxylation is 1. The quantitative estimate of drug-likeness (QED) is 0.334. The molecule has 0 aliphatic carbocycles. The topological polar surface area (TPSA) is 48.9 Å². The largest absolute Gasteiger partial charge is 0.383 e. The van der Waals surface area contributed by atoms with Crippen LogP contribution < -0.4 is 10.6 Å². The van der Waals surface area contributed by atoms with Crippen LogP contribution in [0.1, 0.15) is 43.9 Å². The monoisotopic (exact) mass is 488 g/mol. The number of nitrogens with zero attached hydrogens (tertiary/aromatic N) is 2. The Balaban J connectivity index is 0.00000364. The van der Waals surface area contributed by atoms with Crippen LogP contribution in [-0.2, 0) is 4.74 Å². The molecule has 154 valence electrons. The maximum absolute atomic E-state index is 5.18. The first kappa shape index (κ1) is 24.2. The van der Waals surface area contributed by atoms with Crippen molar-refractivity contribution in [2.24, 2.45) is 10.9 Å². The summed E-state index contributed by atoms with van der Waals surface area (Å²) < 4.78 is 5.18. The van der Waals surface area contributed by atoms with Crippen LogP contribution in [0.2, 0.25) is 0 Å². The summed E-state index contributed by atoms with van der Waals surface area (Å²) in [4.78, 5) is 7.36. The van der Waals surface area contributed by atoms with Crippen molar-refractivity contribution in [3.63, 3.8) is 0 Å². The lowest BCUT2D eigenvalue weighted by molar-refractivity contribution is 0.121. The van der Waals surface area contributed by atoms with Crippen molar-refractivity contribution in [1.29, 1.82) is 0 Å². The number of ether oxygens (including phenoxy) is 1. The van der Waals surface area contributed by atoms with Gasteiger partial charge in [-0.1, -0.05) is 24.3 Å². The summed E-state index contributed by atoms with van der Waals surface area (Å²) in [6.07, 6.45) is 2.44. The second-order valence-electron chi connectivity index (χ2n) is 7.22. The fourth-order valence-electron chi connectivity index (χ4n) is 3.51. The molecule has 0 amide bonds. The molecule has 1 aromatic rings. The number of guanidine groups is 1. The van der Waals surface area contributed by atoms with E-state index in [9.17, 15) is 0 Å². The van der Waals surface area contributed by atoms with E-state index >= 15 is 0 Å². The summed E-state index contributed by atoms with van der Waals surface area (Å²) in [7, 11) is 1.77. The Labute approximate surface area is 182 Å². The number of hydrogen-bond donors (Lipinski definition) is 2. The highest BCUT2D eigenvalue weighted by Crippen LogP contribution is 2.18. The van der Waals surface area contributed by atoms with Crippen molar-refractivity contribution >= 4 is 29.9 Å². The molecular formula is C21H37IN4O. The molecule has 0 bridgehead atoms. The standard InChI is InChI=1S/C21H36N4O.HI/c1-5-22-21(24-18(3)20-9-7-6-8-17(20)2)23-16-19-10-12-25(13-11-19)14-15-26-4;/h6-9,18-19H,5,10-16H2,1-4H3,(H2,22,23,24);1H. The molecule has 0 saturated carbocycles. The van der Waals surface area contributed by atoms with Gasteiger partial charge in [-0.3, -0.25) is 4.99 Å². The molecule has 1 fully saturated rings. The summed E-state index contributed by atoms with van der Waals surface area (Å²) in [6, 6.07) is 8.78. The van der Waals surface area contributed by atoms with Crippen LogP contribution in [0.5, 0.6) is 0 Å². The molecule has 0 radical (unpaired) electrons. The lowest BCUT2D eigenvalue weighted by Crippen LogP contribution is -2.40. The van der Waals surface area contributed by atoms with Crippen LogP contribution in [0.15, 0.2) is 29.3 Å². The molecule has 1 saturated heterocycles. The minimum atomic E-state index is 0. The van der Waals surface area contributed by atoms with Gasteiger partial charge in [-0.2, -0.15) is 0 Å². The van der Waals surface area contributed by atoms with E-state index in [1.807, 2.05) is 0 Å². The van der Waals surface area contributed by atoms with E-state index in [0.717, 1.165) is 45.3 Å². The molecule has 1 atom stereocenters. The van der Waals surface area contributed by atoms with Gasteiger partial charge in [-0.25, -0.2) is 0 Å². The maximum Gasteiger partial charge on any atom is 0.191 e. The molecule has 1 aliphatic heterocycles. The van der Waals surface area contributed by atoms with Crippen LogP contribution in [0.4, 0.5) is 0 Å². The highest BCUT2D eigenvalue weighted by molar-refractivity contribution is 14.0. The minimum Gasteiger partial charge on any atom is -0.383 e. The molecular weight excluding hydrogens is 451 g/mol.